The van der Waals surface area contributed by atoms with Crippen LogP contribution in [0.5, 0.6) is 0 Å². The minimum atomic E-state index is -1.14. The van der Waals surface area contributed by atoms with Crippen molar-refractivity contribution in [2.45, 2.75) is 19.2 Å². The molecule has 132 valence electrons. The number of carbonyl (C=O) groups excluding carboxylic acids is 1. The fourth-order valence-electron chi connectivity index (χ4n) is 2.85. The Labute approximate surface area is 148 Å². The predicted molar refractivity (Wildman–Crippen MR) is 95.8 cm³/mol. The maximum Gasteiger partial charge on any atom is 0.253 e. The molecule has 2 aromatic rings. The van der Waals surface area contributed by atoms with Crippen molar-refractivity contribution in [2.24, 2.45) is 0 Å². The van der Waals surface area contributed by atoms with Gasteiger partial charge in [0.15, 0.2) is 6.10 Å². The summed E-state index contributed by atoms with van der Waals surface area (Å²) in [6.45, 7) is 4.86. The second-order valence-electron chi connectivity index (χ2n) is 6.24. The Bertz CT molecular complexity index is 667. The standard InChI is InChI=1S/C20H24N2O3/c23-19(18-4-2-1-3-5-18)20(24)21-14-16-6-8-17(9-7-16)15-22-10-12-25-13-11-22/h1-9,19,23H,10-15H2,(H,21,24). The topological polar surface area (TPSA) is 61.8 Å². The lowest BCUT2D eigenvalue weighted by molar-refractivity contribution is -0.129. The number of amides is 1. The van der Waals surface area contributed by atoms with Gasteiger partial charge in [-0.3, -0.25) is 9.69 Å². The summed E-state index contributed by atoms with van der Waals surface area (Å²) in [5, 5.41) is 12.8. The number of nitrogens with one attached hydrogen (secondary N) is 1. The van der Waals surface area contributed by atoms with Crippen molar-refractivity contribution in [1.82, 2.24) is 10.2 Å². The molecule has 1 atom stereocenters. The molecule has 1 aliphatic heterocycles. The average Bonchev–Trinajstić information content (AvgIpc) is 2.68. The van der Waals surface area contributed by atoms with Crippen LogP contribution in [-0.4, -0.2) is 42.2 Å². The van der Waals surface area contributed by atoms with Crippen LogP contribution in [-0.2, 0) is 22.6 Å². The van der Waals surface area contributed by atoms with Gasteiger partial charge in [-0.05, 0) is 16.7 Å². The average molecular weight is 340 g/mol. The van der Waals surface area contributed by atoms with Crippen molar-refractivity contribution < 1.29 is 14.6 Å². The minimum absolute atomic E-state index is 0.386. The van der Waals surface area contributed by atoms with Crippen LogP contribution in [0.15, 0.2) is 54.6 Å². The fourth-order valence-corrected chi connectivity index (χ4v) is 2.85. The summed E-state index contributed by atoms with van der Waals surface area (Å²) in [5.74, 6) is -0.386. The first kappa shape index (κ1) is 17.6. The molecule has 3 rings (SSSR count). The fraction of sp³-hybridized carbons (Fsp3) is 0.350. The number of rotatable bonds is 6. The first-order valence-corrected chi connectivity index (χ1v) is 8.61. The van der Waals surface area contributed by atoms with Crippen LogP contribution < -0.4 is 5.32 Å². The van der Waals surface area contributed by atoms with Gasteiger partial charge in [-0.2, -0.15) is 0 Å². The molecule has 1 amide bonds. The third-order valence-electron chi connectivity index (χ3n) is 4.36. The summed E-state index contributed by atoms with van der Waals surface area (Å²) in [5.41, 5.74) is 2.86. The number of morpholine rings is 1. The second kappa shape index (κ2) is 8.76. The maximum absolute atomic E-state index is 12.1. The summed E-state index contributed by atoms with van der Waals surface area (Å²) in [6.07, 6.45) is -1.14. The number of hydrogen-bond donors (Lipinski definition) is 2. The van der Waals surface area contributed by atoms with Crippen LogP contribution in [0.2, 0.25) is 0 Å². The van der Waals surface area contributed by atoms with Crippen molar-refractivity contribution in [3.8, 4) is 0 Å². The van der Waals surface area contributed by atoms with Gasteiger partial charge in [0, 0.05) is 26.2 Å². The zero-order chi connectivity index (χ0) is 17.5. The summed E-state index contributed by atoms with van der Waals surface area (Å²) < 4.78 is 5.36. The first-order valence-electron chi connectivity index (χ1n) is 8.61. The van der Waals surface area contributed by atoms with E-state index >= 15 is 0 Å². The molecule has 2 aromatic carbocycles. The van der Waals surface area contributed by atoms with Crippen molar-refractivity contribution in [1.29, 1.82) is 0 Å². The van der Waals surface area contributed by atoms with E-state index in [2.05, 4.69) is 22.3 Å². The van der Waals surface area contributed by atoms with Crippen LogP contribution in [0.3, 0.4) is 0 Å². The van der Waals surface area contributed by atoms with Crippen molar-refractivity contribution in [3.05, 3.63) is 71.3 Å². The zero-order valence-electron chi connectivity index (χ0n) is 14.2. The summed E-state index contributed by atoms with van der Waals surface area (Å²) in [7, 11) is 0. The Hall–Kier alpha value is -2.21. The monoisotopic (exact) mass is 340 g/mol. The quantitative estimate of drug-likeness (QED) is 0.843. The highest BCUT2D eigenvalue weighted by Gasteiger charge is 2.16. The van der Waals surface area contributed by atoms with Gasteiger partial charge in [-0.25, -0.2) is 0 Å². The SMILES string of the molecule is O=C(NCc1ccc(CN2CCOCC2)cc1)C(O)c1ccccc1. The third kappa shape index (κ3) is 5.13. The Morgan fingerprint density at radius 2 is 1.68 bits per heavy atom. The zero-order valence-corrected chi connectivity index (χ0v) is 14.2. The summed E-state index contributed by atoms with van der Waals surface area (Å²) in [6, 6.07) is 17.2. The van der Waals surface area contributed by atoms with Crippen molar-refractivity contribution >= 4 is 5.91 Å². The van der Waals surface area contributed by atoms with Crippen LogP contribution in [0.1, 0.15) is 22.8 Å². The van der Waals surface area contributed by atoms with Gasteiger partial charge in [0.1, 0.15) is 0 Å². The molecule has 0 bridgehead atoms. The number of hydrogen-bond acceptors (Lipinski definition) is 4. The van der Waals surface area contributed by atoms with E-state index in [0.717, 1.165) is 38.4 Å². The molecule has 0 saturated carbocycles. The highest BCUT2D eigenvalue weighted by Crippen LogP contribution is 2.13. The molecule has 25 heavy (non-hydrogen) atoms. The number of aliphatic hydroxyl groups excluding tert-OH is 1. The van der Waals surface area contributed by atoms with Crippen molar-refractivity contribution in [3.63, 3.8) is 0 Å². The van der Waals surface area contributed by atoms with Crippen LogP contribution in [0.25, 0.3) is 0 Å². The number of ether oxygens (including phenoxy) is 1. The van der Waals surface area contributed by atoms with Gasteiger partial charge in [0.2, 0.25) is 0 Å². The summed E-state index contributed by atoms with van der Waals surface area (Å²) >= 11 is 0. The number of nitrogens with zero attached hydrogens (tertiary/aromatic N) is 1. The van der Waals surface area contributed by atoms with E-state index in [1.54, 1.807) is 24.3 Å². The molecule has 1 unspecified atom stereocenters. The summed E-state index contributed by atoms with van der Waals surface area (Å²) in [4.78, 5) is 14.4. The molecule has 0 aromatic heterocycles. The highest BCUT2D eigenvalue weighted by molar-refractivity contribution is 5.81. The van der Waals surface area contributed by atoms with Crippen LogP contribution >= 0.6 is 0 Å². The molecule has 0 radical (unpaired) electrons. The molecular weight excluding hydrogens is 316 g/mol. The van der Waals surface area contributed by atoms with E-state index in [-0.39, 0.29) is 5.91 Å². The van der Waals surface area contributed by atoms with E-state index in [4.69, 9.17) is 4.74 Å². The number of benzene rings is 2. The molecular formula is C20H24N2O3. The lowest BCUT2D eigenvalue weighted by Crippen LogP contribution is -2.35. The molecule has 0 aliphatic carbocycles. The molecule has 1 saturated heterocycles. The van der Waals surface area contributed by atoms with Crippen molar-refractivity contribution in [2.75, 3.05) is 26.3 Å². The second-order valence-corrected chi connectivity index (χ2v) is 6.24. The van der Waals surface area contributed by atoms with Crippen LogP contribution in [0, 0.1) is 0 Å². The van der Waals surface area contributed by atoms with Gasteiger partial charge >= 0.3 is 0 Å². The molecule has 1 heterocycles. The Kier molecular flexibility index (Phi) is 6.17. The Balaban J connectivity index is 1.49. The van der Waals surface area contributed by atoms with Gasteiger partial charge in [0.25, 0.3) is 5.91 Å². The molecule has 1 fully saturated rings. The smallest absolute Gasteiger partial charge is 0.253 e. The maximum atomic E-state index is 12.1. The van der Waals surface area contributed by atoms with Crippen LogP contribution in [0.4, 0.5) is 0 Å². The van der Waals surface area contributed by atoms with E-state index < -0.39 is 6.10 Å². The molecule has 1 aliphatic rings. The Morgan fingerprint density at radius 1 is 1.04 bits per heavy atom. The highest BCUT2D eigenvalue weighted by atomic mass is 16.5. The molecule has 5 heteroatoms. The number of aliphatic hydroxyl groups is 1. The molecule has 2 N–H and O–H groups in total. The lowest BCUT2D eigenvalue weighted by atomic mass is 10.1. The first-order chi connectivity index (χ1) is 12.2. The molecule has 0 spiro atoms. The largest absolute Gasteiger partial charge is 0.379 e. The van der Waals surface area contributed by atoms with Gasteiger partial charge in [-0.15, -0.1) is 0 Å². The van der Waals surface area contributed by atoms with E-state index in [9.17, 15) is 9.90 Å². The van der Waals surface area contributed by atoms with Gasteiger partial charge < -0.3 is 15.2 Å². The van der Waals surface area contributed by atoms with E-state index in [0.29, 0.717) is 12.1 Å². The van der Waals surface area contributed by atoms with Gasteiger partial charge in [-0.1, -0.05) is 54.6 Å². The molecule has 5 nitrogen and oxygen atoms in total. The predicted octanol–water partition coefficient (Wildman–Crippen LogP) is 1.87. The number of carbonyl (C=O) groups is 1. The van der Waals surface area contributed by atoms with Gasteiger partial charge in [0.05, 0.1) is 13.2 Å². The lowest BCUT2D eigenvalue weighted by Gasteiger charge is -2.26. The Morgan fingerprint density at radius 3 is 2.36 bits per heavy atom. The van der Waals surface area contributed by atoms with E-state index in [1.165, 1.54) is 5.56 Å². The minimum Gasteiger partial charge on any atom is -0.379 e. The normalized spacial score (nSPS) is 16.4. The van der Waals surface area contributed by atoms with E-state index in [1.807, 2.05) is 18.2 Å². The third-order valence-corrected chi connectivity index (χ3v) is 4.36.